The average Bonchev–Trinajstić information content (AvgIpc) is 2.69. The number of ether oxygens (including phenoxy) is 1. The van der Waals surface area contributed by atoms with Crippen molar-refractivity contribution in [2.75, 3.05) is 12.3 Å². The minimum Gasteiger partial charge on any atom is -0.383 e. The van der Waals surface area contributed by atoms with Gasteiger partial charge in [0, 0.05) is 17.9 Å². The van der Waals surface area contributed by atoms with Gasteiger partial charge in [0.2, 0.25) is 0 Å². The fourth-order valence-electron chi connectivity index (χ4n) is 2.00. The third-order valence-electron chi connectivity index (χ3n) is 2.83. The number of hydrogen-bond acceptors (Lipinski definition) is 4. The molecule has 0 spiro atoms. The molecular weight excluding hydrogens is 190 g/mol. The molecular formula is C11H17N3O. The van der Waals surface area contributed by atoms with Crippen LogP contribution in [0.1, 0.15) is 43.0 Å². The molecule has 1 aromatic heterocycles. The second-order valence-corrected chi connectivity index (χ2v) is 3.89. The van der Waals surface area contributed by atoms with Crippen LogP contribution in [0.2, 0.25) is 0 Å². The monoisotopic (exact) mass is 207 g/mol. The van der Waals surface area contributed by atoms with Crippen molar-refractivity contribution in [2.45, 2.75) is 39.2 Å². The van der Waals surface area contributed by atoms with Gasteiger partial charge in [0.05, 0.1) is 0 Å². The molecule has 0 bridgehead atoms. The van der Waals surface area contributed by atoms with E-state index in [1.54, 1.807) is 0 Å². The van der Waals surface area contributed by atoms with Crippen LogP contribution in [0.25, 0.3) is 0 Å². The van der Waals surface area contributed by atoms with Crippen LogP contribution in [0.4, 0.5) is 5.82 Å². The van der Waals surface area contributed by atoms with Crippen LogP contribution in [-0.4, -0.2) is 16.6 Å². The smallest absolute Gasteiger partial charge is 0.159 e. The van der Waals surface area contributed by atoms with Gasteiger partial charge < -0.3 is 10.5 Å². The van der Waals surface area contributed by atoms with Crippen molar-refractivity contribution in [3.8, 4) is 0 Å². The van der Waals surface area contributed by atoms with Crippen molar-refractivity contribution < 1.29 is 4.74 Å². The van der Waals surface area contributed by atoms with Gasteiger partial charge in [-0.05, 0) is 26.2 Å². The molecule has 1 atom stereocenters. The molecule has 2 heterocycles. The zero-order chi connectivity index (χ0) is 10.8. The SMILES string of the molecule is CCc1c(C)nc(C2CCCO2)nc1N. The van der Waals surface area contributed by atoms with E-state index in [4.69, 9.17) is 10.5 Å². The Kier molecular flexibility index (Phi) is 2.86. The Morgan fingerprint density at radius 3 is 2.80 bits per heavy atom. The Morgan fingerprint density at radius 2 is 2.27 bits per heavy atom. The first-order valence-electron chi connectivity index (χ1n) is 5.47. The van der Waals surface area contributed by atoms with Gasteiger partial charge in [-0.1, -0.05) is 6.92 Å². The minimum atomic E-state index is 0.0527. The van der Waals surface area contributed by atoms with E-state index in [-0.39, 0.29) is 6.10 Å². The fraction of sp³-hybridized carbons (Fsp3) is 0.636. The summed E-state index contributed by atoms with van der Waals surface area (Å²) in [4.78, 5) is 8.80. The van der Waals surface area contributed by atoms with Crippen molar-refractivity contribution in [1.82, 2.24) is 9.97 Å². The number of nitrogens with zero attached hydrogens (tertiary/aromatic N) is 2. The summed E-state index contributed by atoms with van der Waals surface area (Å²) in [6.45, 7) is 4.85. The van der Waals surface area contributed by atoms with Gasteiger partial charge in [-0.15, -0.1) is 0 Å². The first-order chi connectivity index (χ1) is 7.22. The maximum absolute atomic E-state index is 5.89. The predicted molar refractivity (Wildman–Crippen MR) is 58.5 cm³/mol. The summed E-state index contributed by atoms with van der Waals surface area (Å²) in [5, 5.41) is 0. The summed E-state index contributed by atoms with van der Waals surface area (Å²) in [6, 6.07) is 0. The Morgan fingerprint density at radius 1 is 1.47 bits per heavy atom. The Labute approximate surface area is 89.9 Å². The van der Waals surface area contributed by atoms with E-state index in [1.165, 1.54) is 0 Å². The van der Waals surface area contributed by atoms with E-state index >= 15 is 0 Å². The van der Waals surface area contributed by atoms with Gasteiger partial charge in [-0.25, -0.2) is 9.97 Å². The predicted octanol–water partition coefficient (Wildman–Crippen LogP) is 1.78. The molecule has 0 radical (unpaired) electrons. The summed E-state index contributed by atoms with van der Waals surface area (Å²) in [6.07, 6.45) is 3.02. The highest BCUT2D eigenvalue weighted by molar-refractivity contribution is 5.42. The number of nitrogen functional groups attached to an aromatic ring is 1. The molecule has 0 amide bonds. The second-order valence-electron chi connectivity index (χ2n) is 3.89. The molecule has 0 aromatic carbocycles. The first kappa shape index (κ1) is 10.4. The van der Waals surface area contributed by atoms with E-state index in [2.05, 4.69) is 16.9 Å². The summed E-state index contributed by atoms with van der Waals surface area (Å²) in [5.74, 6) is 1.36. The van der Waals surface area contributed by atoms with Crippen molar-refractivity contribution in [1.29, 1.82) is 0 Å². The standard InChI is InChI=1S/C11H17N3O/c1-3-8-7(2)13-11(14-10(8)12)9-5-4-6-15-9/h9H,3-6H2,1-2H3,(H2,12,13,14). The lowest BCUT2D eigenvalue weighted by Gasteiger charge is -2.12. The average molecular weight is 207 g/mol. The third-order valence-corrected chi connectivity index (χ3v) is 2.83. The summed E-state index contributed by atoms with van der Waals surface area (Å²) in [5.41, 5.74) is 7.93. The molecule has 1 aliphatic heterocycles. The summed E-state index contributed by atoms with van der Waals surface area (Å²) >= 11 is 0. The number of aryl methyl sites for hydroxylation is 1. The molecule has 1 unspecified atom stereocenters. The van der Waals surface area contributed by atoms with Gasteiger partial charge >= 0.3 is 0 Å². The summed E-state index contributed by atoms with van der Waals surface area (Å²) < 4.78 is 5.54. The van der Waals surface area contributed by atoms with Gasteiger partial charge in [0.15, 0.2) is 5.82 Å². The summed E-state index contributed by atoms with van der Waals surface area (Å²) in [7, 11) is 0. The number of hydrogen-bond donors (Lipinski definition) is 1. The molecule has 1 aromatic rings. The molecule has 4 nitrogen and oxygen atoms in total. The maximum Gasteiger partial charge on any atom is 0.159 e. The molecule has 15 heavy (non-hydrogen) atoms. The van der Waals surface area contributed by atoms with Crippen LogP contribution in [0.3, 0.4) is 0 Å². The second kappa shape index (κ2) is 4.14. The molecule has 82 valence electrons. The fourth-order valence-corrected chi connectivity index (χ4v) is 2.00. The van der Waals surface area contributed by atoms with Crippen LogP contribution in [0.5, 0.6) is 0 Å². The molecule has 0 saturated carbocycles. The topological polar surface area (TPSA) is 61.0 Å². The highest BCUT2D eigenvalue weighted by Gasteiger charge is 2.21. The van der Waals surface area contributed by atoms with Gasteiger partial charge in [0.25, 0.3) is 0 Å². The highest BCUT2D eigenvalue weighted by atomic mass is 16.5. The van der Waals surface area contributed by atoms with E-state index in [1.807, 2.05) is 6.92 Å². The number of anilines is 1. The van der Waals surface area contributed by atoms with Crippen LogP contribution >= 0.6 is 0 Å². The lowest BCUT2D eigenvalue weighted by molar-refractivity contribution is 0.105. The van der Waals surface area contributed by atoms with Crippen LogP contribution in [0, 0.1) is 6.92 Å². The van der Waals surface area contributed by atoms with E-state index < -0.39 is 0 Å². The van der Waals surface area contributed by atoms with Gasteiger partial charge in [0.1, 0.15) is 11.9 Å². The Hall–Kier alpha value is -1.16. The molecule has 2 rings (SSSR count). The first-order valence-corrected chi connectivity index (χ1v) is 5.47. The number of rotatable bonds is 2. The van der Waals surface area contributed by atoms with Crippen LogP contribution in [-0.2, 0) is 11.2 Å². The van der Waals surface area contributed by atoms with Crippen molar-refractivity contribution >= 4 is 5.82 Å². The van der Waals surface area contributed by atoms with Crippen LogP contribution < -0.4 is 5.73 Å². The normalized spacial score (nSPS) is 20.8. The Balaban J connectivity index is 2.33. The number of aromatic nitrogens is 2. The minimum absolute atomic E-state index is 0.0527. The van der Waals surface area contributed by atoms with E-state index in [9.17, 15) is 0 Å². The van der Waals surface area contributed by atoms with Gasteiger partial charge in [-0.2, -0.15) is 0 Å². The molecule has 2 N–H and O–H groups in total. The van der Waals surface area contributed by atoms with Gasteiger partial charge in [-0.3, -0.25) is 0 Å². The maximum atomic E-state index is 5.89. The third kappa shape index (κ3) is 1.95. The zero-order valence-electron chi connectivity index (χ0n) is 9.29. The lowest BCUT2D eigenvalue weighted by atomic mass is 10.1. The van der Waals surface area contributed by atoms with Crippen molar-refractivity contribution in [2.24, 2.45) is 0 Å². The molecule has 0 aliphatic carbocycles. The molecule has 4 heteroatoms. The molecule has 1 fully saturated rings. The lowest BCUT2D eigenvalue weighted by Crippen LogP contribution is -2.10. The molecule has 1 aliphatic rings. The van der Waals surface area contributed by atoms with E-state index in [0.717, 1.165) is 43.0 Å². The van der Waals surface area contributed by atoms with E-state index in [0.29, 0.717) is 5.82 Å². The number of nitrogens with two attached hydrogens (primary N) is 1. The highest BCUT2D eigenvalue weighted by Crippen LogP contribution is 2.27. The Bertz CT molecular complexity index is 336. The van der Waals surface area contributed by atoms with Crippen molar-refractivity contribution in [3.05, 3.63) is 17.1 Å². The quantitative estimate of drug-likeness (QED) is 0.803. The van der Waals surface area contributed by atoms with Crippen LogP contribution in [0.15, 0.2) is 0 Å². The zero-order valence-corrected chi connectivity index (χ0v) is 9.29. The van der Waals surface area contributed by atoms with Crippen molar-refractivity contribution in [3.63, 3.8) is 0 Å². The molecule has 1 saturated heterocycles. The largest absolute Gasteiger partial charge is 0.383 e.